The number of aryl methyl sites for hydroxylation is 1. The molecule has 0 N–H and O–H groups in total. The van der Waals surface area contributed by atoms with Crippen molar-refractivity contribution in [2.75, 3.05) is 13.7 Å². The molecule has 0 unspecified atom stereocenters. The van der Waals surface area contributed by atoms with Gasteiger partial charge in [0.15, 0.2) is 0 Å². The maximum atomic E-state index is 5.40. The van der Waals surface area contributed by atoms with Crippen LogP contribution in [0.2, 0.25) is 0 Å². The molecule has 0 fully saturated rings. The van der Waals surface area contributed by atoms with E-state index in [0.717, 1.165) is 30.9 Å². The average molecular weight is 195 g/mol. The van der Waals surface area contributed by atoms with Crippen LogP contribution in [0.5, 0.6) is 11.6 Å². The highest BCUT2D eigenvalue weighted by Crippen LogP contribution is 2.24. The van der Waals surface area contributed by atoms with Crippen molar-refractivity contribution in [3.05, 3.63) is 17.8 Å². The molecule has 3 heteroatoms. The zero-order valence-electron chi connectivity index (χ0n) is 9.04. The highest BCUT2D eigenvalue weighted by Gasteiger charge is 2.11. The molecule has 2 rings (SSSR count). The maximum Gasteiger partial charge on any atom is 0.213 e. The number of pyridine rings is 1. The smallest absolute Gasteiger partial charge is 0.213 e. The Morgan fingerprint density at radius 1 is 1.36 bits per heavy atom. The van der Waals surface area contributed by atoms with Crippen molar-refractivity contribution in [2.45, 2.75) is 26.7 Å². The second-order valence-electron chi connectivity index (χ2n) is 2.75. The van der Waals surface area contributed by atoms with Gasteiger partial charge in [0.1, 0.15) is 5.75 Å². The van der Waals surface area contributed by atoms with Crippen molar-refractivity contribution >= 4 is 0 Å². The van der Waals surface area contributed by atoms with Gasteiger partial charge in [-0.1, -0.05) is 13.8 Å². The van der Waals surface area contributed by atoms with Gasteiger partial charge < -0.3 is 9.47 Å². The number of methoxy groups -OCH3 is 1. The zero-order valence-corrected chi connectivity index (χ0v) is 9.04. The van der Waals surface area contributed by atoms with E-state index in [-0.39, 0.29) is 0 Å². The standard InChI is InChI=1S/C9H11NO2.C2H6/c1-11-9-5-4-8-7(10-9)3-2-6-12-8;1-2/h4-5H,2-3,6H2,1H3;1-2H3. The molecule has 78 valence electrons. The lowest BCUT2D eigenvalue weighted by Gasteiger charge is -2.16. The number of fused-ring (bicyclic) bond motifs is 1. The number of rotatable bonds is 1. The molecule has 0 saturated carbocycles. The van der Waals surface area contributed by atoms with E-state index in [4.69, 9.17) is 9.47 Å². The fraction of sp³-hybridized carbons (Fsp3) is 0.545. The summed E-state index contributed by atoms with van der Waals surface area (Å²) in [6, 6.07) is 3.74. The molecule has 1 aliphatic heterocycles. The number of hydrogen-bond donors (Lipinski definition) is 0. The predicted molar refractivity (Wildman–Crippen MR) is 56.0 cm³/mol. The molecule has 1 aromatic heterocycles. The quantitative estimate of drug-likeness (QED) is 0.689. The maximum absolute atomic E-state index is 5.40. The van der Waals surface area contributed by atoms with Crippen LogP contribution in [0.25, 0.3) is 0 Å². The summed E-state index contributed by atoms with van der Waals surface area (Å²) in [6.45, 7) is 4.81. The van der Waals surface area contributed by atoms with Gasteiger partial charge >= 0.3 is 0 Å². The molecule has 14 heavy (non-hydrogen) atoms. The van der Waals surface area contributed by atoms with Gasteiger partial charge in [0, 0.05) is 6.07 Å². The Balaban J connectivity index is 0.000000461. The fourth-order valence-electron chi connectivity index (χ4n) is 1.31. The lowest BCUT2D eigenvalue weighted by molar-refractivity contribution is 0.282. The second-order valence-corrected chi connectivity index (χ2v) is 2.75. The summed E-state index contributed by atoms with van der Waals surface area (Å²) in [6.07, 6.45) is 2.04. The normalized spacial score (nSPS) is 13.1. The van der Waals surface area contributed by atoms with Gasteiger partial charge in [-0.2, -0.15) is 0 Å². The Kier molecular flexibility index (Phi) is 4.23. The first-order chi connectivity index (χ1) is 6.90. The predicted octanol–water partition coefficient (Wildman–Crippen LogP) is 2.44. The van der Waals surface area contributed by atoms with E-state index in [1.165, 1.54) is 0 Å². The summed E-state index contributed by atoms with van der Waals surface area (Å²) >= 11 is 0. The third-order valence-corrected chi connectivity index (χ3v) is 1.93. The fourth-order valence-corrected chi connectivity index (χ4v) is 1.31. The van der Waals surface area contributed by atoms with Crippen molar-refractivity contribution in [3.8, 4) is 11.6 Å². The Labute approximate surface area is 85.1 Å². The van der Waals surface area contributed by atoms with Gasteiger partial charge in [-0.25, -0.2) is 4.98 Å². The van der Waals surface area contributed by atoms with Crippen molar-refractivity contribution < 1.29 is 9.47 Å². The molecule has 1 aromatic rings. The summed E-state index contributed by atoms with van der Waals surface area (Å²) in [4.78, 5) is 4.28. The molecular formula is C11H17NO2. The summed E-state index contributed by atoms with van der Waals surface area (Å²) in [5, 5.41) is 0. The van der Waals surface area contributed by atoms with E-state index in [1.54, 1.807) is 7.11 Å². The van der Waals surface area contributed by atoms with Crippen molar-refractivity contribution in [1.29, 1.82) is 0 Å². The van der Waals surface area contributed by atoms with Crippen LogP contribution in [0.3, 0.4) is 0 Å². The van der Waals surface area contributed by atoms with Crippen LogP contribution in [0.4, 0.5) is 0 Å². The van der Waals surface area contributed by atoms with Crippen LogP contribution in [0.15, 0.2) is 12.1 Å². The molecule has 0 saturated heterocycles. The molecule has 1 aliphatic rings. The van der Waals surface area contributed by atoms with Crippen molar-refractivity contribution in [1.82, 2.24) is 4.98 Å². The largest absolute Gasteiger partial charge is 0.492 e. The van der Waals surface area contributed by atoms with E-state index in [2.05, 4.69) is 4.98 Å². The highest BCUT2D eigenvalue weighted by atomic mass is 16.5. The van der Waals surface area contributed by atoms with E-state index in [0.29, 0.717) is 5.88 Å². The Bertz CT molecular complexity index is 287. The molecule has 0 aliphatic carbocycles. The van der Waals surface area contributed by atoms with Crippen LogP contribution >= 0.6 is 0 Å². The first kappa shape index (κ1) is 10.8. The minimum Gasteiger partial charge on any atom is -0.492 e. The van der Waals surface area contributed by atoms with E-state index < -0.39 is 0 Å². The SMILES string of the molecule is CC.COc1ccc2c(n1)CCCO2. The van der Waals surface area contributed by atoms with Crippen LogP contribution in [-0.2, 0) is 6.42 Å². The first-order valence-electron chi connectivity index (χ1n) is 5.07. The number of hydrogen-bond acceptors (Lipinski definition) is 3. The summed E-state index contributed by atoms with van der Waals surface area (Å²) in [5.74, 6) is 1.57. The number of aromatic nitrogens is 1. The Morgan fingerprint density at radius 2 is 2.14 bits per heavy atom. The topological polar surface area (TPSA) is 31.4 Å². The van der Waals surface area contributed by atoms with E-state index in [9.17, 15) is 0 Å². The van der Waals surface area contributed by atoms with Gasteiger partial charge in [0.25, 0.3) is 0 Å². The summed E-state index contributed by atoms with van der Waals surface area (Å²) in [7, 11) is 1.62. The van der Waals surface area contributed by atoms with E-state index in [1.807, 2.05) is 26.0 Å². The molecule has 2 heterocycles. The minimum absolute atomic E-state index is 0.666. The van der Waals surface area contributed by atoms with Gasteiger partial charge in [-0.05, 0) is 18.9 Å². The lowest BCUT2D eigenvalue weighted by Crippen LogP contribution is -2.10. The number of nitrogens with zero attached hydrogens (tertiary/aromatic N) is 1. The van der Waals surface area contributed by atoms with Gasteiger partial charge in [0.05, 0.1) is 19.4 Å². The molecule has 3 nitrogen and oxygen atoms in total. The summed E-state index contributed by atoms with van der Waals surface area (Å²) < 4.78 is 10.4. The molecular weight excluding hydrogens is 178 g/mol. The third kappa shape index (κ3) is 2.37. The lowest BCUT2D eigenvalue weighted by atomic mass is 10.2. The van der Waals surface area contributed by atoms with Crippen LogP contribution < -0.4 is 9.47 Å². The minimum atomic E-state index is 0.666. The third-order valence-electron chi connectivity index (χ3n) is 1.93. The molecule has 0 radical (unpaired) electrons. The van der Waals surface area contributed by atoms with Crippen LogP contribution in [0.1, 0.15) is 26.0 Å². The van der Waals surface area contributed by atoms with Crippen LogP contribution in [-0.4, -0.2) is 18.7 Å². The summed E-state index contributed by atoms with van der Waals surface area (Å²) in [5.41, 5.74) is 1.01. The number of ether oxygens (including phenoxy) is 2. The second kappa shape index (κ2) is 5.47. The Morgan fingerprint density at radius 3 is 2.86 bits per heavy atom. The first-order valence-corrected chi connectivity index (χ1v) is 5.07. The van der Waals surface area contributed by atoms with Gasteiger partial charge in [0.2, 0.25) is 5.88 Å². The molecule has 0 bridgehead atoms. The van der Waals surface area contributed by atoms with E-state index >= 15 is 0 Å². The zero-order chi connectivity index (χ0) is 10.4. The molecule has 0 aromatic carbocycles. The van der Waals surface area contributed by atoms with Gasteiger partial charge in [-0.15, -0.1) is 0 Å². The van der Waals surface area contributed by atoms with Crippen LogP contribution in [0, 0.1) is 0 Å². The van der Waals surface area contributed by atoms with Crippen molar-refractivity contribution in [3.63, 3.8) is 0 Å². The van der Waals surface area contributed by atoms with Gasteiger partial charge in [-0.3, -0.25) is 0 Å². The monoisotopic (exact) mass is 195 g/mol. The molecule has 0 atom stereocenters. The van der Waals surface area contributed by atoms with Crippen molar-refractivity contribution in [2.24, 2.45) is 0 Å². The average Bonchev–Trinajstić information content (AvgIpc) is 2.31. The highest BCUT2D eigenvalue weighted by molar-refractivity contribution is 5.32. The molecule has 0 amide bonds. The molecule has 0 spiro atoms. The Hall–Kier alpha value is -1.25.